The zero-order valence-corrected chi connectivity index (χ0v) is 12.6. The van der Waals surface area contributed by atoms with E-state index in [2.05, 4.69) is 41.5 Å². The van der Waals surface area contributed by atoms with E-state index >= 15 is 0 Å². The predicted molar refractivity (Wildman–Crippen MR) is 84.2 cm³/mol. The zero-order valence-electron chi connectivity index (χ0n) is 12.6. The minimum atomic E-state index is -0.144. The van der Waals surface area contributed by atoms with Crippen LogP contribution in [0.1, 0.15) is 27.2 Å². The molecule has 0 aliphatic carbocycles. The maximum absolute atomic E-state index is 12.3. The molecule has 2 rings (SSSR count). The molecule has 0 fully saturated rings. The van der Waals surface area contributed by atoms with E-state index < -0.39 is 0 Å². The normalized spacial score (nSPS) is 16.1. The average Bonchev–Trinajstić information content (AvgIpc) is 2.66. The third-order valence-corrected chi connectivity index (χ3v) is 3.64. The van der Waals surface area contributed by atoms with Crippen molar-refractivity contribution < 1.29 is 4.79 Å². The summed E-state index contributed by atoms with van der Waals surface area (Å²) in [5.41, 5.74) is 2.24. The Morgan fingerprint density at radius 1 is 1.35 bits per heavy atom. The number of hydrogen-bond donors (Lipinski definition) is 2. The largest absolute Gasteiger partial charge is 0.383 e. The summed E-state index contributed by atoms with van der Waals surface area (Å²) >= 11 is 0. The topological polar surface area (TPSA) is 44.4 Å². The molecule has 20 heavy (non-hydrogen) atoms. The SMILES string of the molecule is CC(C)CNC(=O)C(C)N1CCCNc2ccccc21. The van der Waals surface area contributed by atoms with Crippen LogP contribution in [0.5, 0.6) is 0 Å². The van der Waals surface area contributed by atoms with Gasteiger partial charge in [-0.05, 0) is 31.4 Å². The molecule has 1 atom stereocenters. The molecule has 1 aromatic carbocycles. The maximum atomic E-state index is 12.3. The second kappa shape index (κ2) is 6.64. The summed E-state index contributed by atoms with van der Waals surface area (Å²) in [4.78, 5) is 14.5. The van der Waals surface area contributed by atoms with Crippen molar-refractivity contribution in [1.82, 2.24) is 5.32 Å². The van der Waals surface area contributed by atoms with E-state index in [1.165, 1.54) is 0 Å². The summed E-state index contributed by atoms with van der Waals surface area (Å²) in [5.74, 6) is 0.583. The molecule has 1 unspecified atom stereocenters. The van der Waals surface area contributed by atoms with Gasteiger partial charge in [0.2, 0.25) is 5.91 Å². The molecule has 0 aromatic heterocycles. The lowest BCUT2D eigenvalue weighted by molar-refractivity contribution is -0.122. The fourth-order valence-corrected chi connectivity index (χ4v) is 2.46. The molecule has 1 aromatic rings. The monoisotopic (exact) mass is 275 g/mol. The van der Waals surface area contributed by atoms with Gasteiger partial charge in [0, 0.05) is 19.6 Å². The van der Waals surface area contributed by atoms with Crippen LogP contribution >= 0.6 is 0 Å². The van der Waals surface area contributed by atoms with Gasteiger partial charge in [-0.25, -0.2) is 0 Å². The molecule has 1 aliphatic heterocycles. The Bertz CT molecular complexity index is 459. The molecule has 0 bridgehead atoms. The molecule has 2 N–H and O–H groups in total. The van der Waals surface area contributed by atoms with Gasteiger partial charge in [0.25, 0.3) is 0 Å². The number of rotatable bonds is 4. The minimum absolute atomic E-state index is 0.107. The smallest absolute Gasteiger partial charge is 0.242 e. The van der Waals surface area contributed by atoms with E-state index in [1.54, 1.807) is 0 Å². The quantitative estimate of drug-likeness (QED) is 0.887. The summed E-state index contributed by atoms with van der Waals surface area (Å²) in [6.07, 6.45) is 1.04. The van der Waals surface area contributed by atoms with Crippen molar-refractivity contribution in [3.8, 4) is 0 Å². The van der Waals surface area contributed by atoms with Crippen molar-refractivity contribution >= 4 is 17.3 Å². The molecule has 1 heterocycles. The fraction of sp³-hybridized carbons (Fsp3) is 0.562. The van der Waals surface area contributed by atoms with Crippen molar-refractivity contribution in [2.75, 3.05) is 29.9 Å². The molecule has 0 saturated carbocycles. The third-order valence-electron chi connectivity index (χ3n) is 3.64. The number of nitrogens with zero attached hydrogens (tertiary/aromatic N) is 1. The van der Waals surface area contributed by atoms with Gasteiger partial charge in [-0.1, -0.05) is 26.0 Å². The van der Waals surface area contributed by atoms with Crippen LogP contribution in [0.4, 0.5) is 11.4 Å². The van der Waals surface area contributed by atoms with Crippen molar-refractivity contribution in [3.63, 3.8) is 0 Å². The van der Waals surface area contributed by atoms with Gasteiger partial charge in [-0.2, -0.15) is 0 Å². The first-order valence-electron chi connectivity index (χ1n) is 7.47. The van der Waals surface area contributed by atoms with Gasteiger partial charge >= 0.3 is 0 Å². The van der Waals surface area contributed by atoms with Crippen LogP contribution < -0.4 is 15.5 Å². The van der Waals surface area contributed by atoms with Gasteiger partial charge in [-0.15, -0.1) is 0 Å². The number of anilines is 2. The highest BCUT2D eigenvalue weighted by Gasteiger charge is 2.24. The lowest BCUT2D eigenvalue weighted by atomic mass is 10.1. The molecule has 110 valence electrons. The summed E-state index contributed by atoms with van der Waals surface area (Å²) in [6.45, 7) is 8.79. The Hall–Kier alpha value is -1.71. The second-order valence-corrected chi connectivity index (χ2v) is 5.81. The first kappa shape index (κ1) is 14.7. The van der Waals surface area contributed by atoms with Crippen molar-refractivity contribution in [2.24, 2.45) is 5.92 Å². The van der Waals surface area contributed by atoms with Crippen molar-refractivity contribution in [3.05, 3.63) is 24.3 Å². The molecule has 0 saturated heterocycles. The number of nitrogens with one attached hydrogen (secondary N) is 2. The Balaban J connectivity index is 2.12. The van der Waals surface area contributed by atoms with Crippen LogP contribution in [0.2, 0.25) is 0 Å². The number of hydrogen-bond acceptors (Lipinski definition) is 3. The Morgan fingerprint density at radius 3 is 2.85 bits per heavy atom. The number of benzene rings is 1. The summed E-state index contributed by atoms with van der Waals surface area (Å²) in [6, 6.07) is 8.07. The van der Waals surface area contributed by atoms with Gasteiger partial charge in [0.1, 0.15) is 6.04 Å². The van der Waals surface area contributed by atoms with Crippen LogP contribution in [-0.2, 0) is 4.79 Å². The van der Waals surface area contributed by atoms with E-state index in [9.17, 15) is 4.79 Å². The van der Waals surface area contributed by atoms with Crippen LogP contribution in [0.3, 0.4) is 0 Å². The number of fused-ring (bicyclic) bond motifs is 1. The van der Waals surface area contributed by atoms with Crippen molar-refractivity contribution in [1.29, 1.82) is 0 Å². The summed E-state index contributed by atoms with van der Waals surface area (Å²) in [7, 11) is 0. The average molecular weight is 275 g/mol. The maximum Gasteiger partial charge on any atom is 0.242 e. The number of para-hydroxylation sites is 2. The Kier molecular flexibility index (Phi) is 4.88. The van der Waals surface area contributed by atoms with E-state index in [4.69, 9.17) is 0 Å². The molecule has 1 aliphatic rings. The first-order chi connectivity index (χ1) is 9.59. The van der Waals surface area contributed by atoms with Crippen LogP contribution in [0, 0.1) is 5.92 Å². The van der Waals surface area contributed by atoms with E-state index in [0.717, 1.165) is 37.4 Å². The van der Waals surface area contributed by atoms with Gasteiger partial charge in [-0.3, -0.25) is 4.79 Å². The van der Waals surface area contributed by atoms with Crippen LogP contribution in [0.15, 0.2) is 24.3 Å². The first-order valence-corrected chi connectivity index (χ1v) is 7.47. The van der Waals surface area contributed by atoms with Crippen molar-refractivity contribution in [2.45, 2.75) is 33.2 Å². The fourth-order valence-electron chi connectivity index (χ4n) is 2.46. The van der Waals surface area contributed by atoms with E-state index in [-0.39, 0.29) is 11.9 Å². The zero-order chi connectivity index (χ0) is 14.5. The lowest BCUT2D eigenvalue weighted by Crippen LogP contribution is -2.46. The van der Waals surface area contributed by atoms with Gasteiger partial charge in [0.15, 0.2) is 0 Å². The van der Waals surface area contributed by atoms with E-state index in [1.807, 2.05) is 19.1 Å². The number of carbonyl (C=O) groups excluding carboxylic acids is 1. The third kappa shape index (κ3) is 3.44. The molecule has 0 spiro atoms. The minimum Gasteiger partial charge on any atom is -0.383 e. The molecule has 4 nitrogen and oxygen atoms in total. The molecular formula is C16H25N3O. The lowest BCUT2D eigenvalue weighted by Gasteiger charge is -2.30. The van der Waals surface area contributed by atoms with E-state index in [0.29, 0.717) is 5.92 Å². The summed E-state index contributed by atoms with van der Waals surface area (Å²) < 4.78 is 0. The van der Waals surface area contributed by atoms with Gasteiger partial charge < -0.3 is 15.5 Å². The van der Waals surface area contributed by atoms with Crippen LogP contribution in [0.25, 0.3) is 0 Å². The molecule has 1 amide bonds. The second-order valence-electron chi connectivity index (χ2n) is 5.81. The Labute approximate surface area is 121 Å². The highest BCUT2D eigenvalue weighted by molar-refractivity contribution is 5.86. The standard InChI is InChI=1S/C16H25N3O/c1-12(2)11-18-16(20)13(3)19-10-6-9-17-14-7-4-5-8-15(14)19/h4-5,7-8,12-13,17H,6,9-11H2,1-3H3,(H,18,20). The summed E-state index contributed by atoms with van der Waals surface area (Å²) in [5, 5.41) is 6.46. The predicted octanol–water partition coefficient (Wildman–Crippen LogP) is 2.47. The molecule has 0 radical (unpaired) electrons. The van der Waals surface area contributed by atoms with Crippen LogP contribution in [-0.4, -0.2) is 31.6 Å². The molecule has 4 heteroatoms. The highest BCUT2D eigenvalue weighted by Crippen LogP contribution is 2.29. The highest BCUT2D eigenvalue weighted by atomic mass is 16.2. The Morgan fingerprint density at radius 2 is 2.10 bits per heavy atom. The van der Waals surface area contributed by atoms with Gasteiger partial charge in [0.05, 0.1) is 11.4 Å². The number of amides is 1. The molecular weight excluding hydrogens is 250 g/mol. The number of carbonyl (C=O) groups is 1.